The van der Waals surface area contributed by atoms with Gasteiger partial charge in [-0.2, -0.15) is 0 Å². The van der Waals surface area contributed by atoms with Crippen LogP contribution in [0.4, 0.5) is 0 Å². The summed E-state index contributed by atoms with van der Waals surface area (Å²) in [5.74, 6) is -0.616. The van der Waals surface area contributed by atoms with E-state index in [-0.39, 0.29) is 5.56 Å². The minimum Gasteiger partial charge on any atom is -0.496 e. The second-order valence-electron chi connectivity index (χ2n) is 4.79. The standard InChI is InChI=1S/C14H17N3O3S/c1-9-13(21-16-15-9)8-17(2)7-10-4-5-12(20-3)11(6-10)14(18)19/h4-6H,7-8H2,1-3H3,(H,18,19). The number of nitrogens with zero attached hydrogens (tertiary/aromatic N) is 3. The van der Waals surface area contributed by atoms with Crippen molar-refractivity contribution in [1.82, 2.24) is 14.5 Å². The van der Waals surface area contributed by atoms with E-state index in [1.807, 2.05) is 20.0 Å². The average molecular weight is 307 g/mol. The number of ether oxygens (including phenoxy) is 1. The van der Waals surface area contributed by atoms with Crippen LogP contribution >= 0.6 is 11.5 Å². The summed E-state index contributed by atoms with van der Waals surface area (Å²) in [6, 6.07) is 5.21. The lowest BCUT2D eigenvalue weighted by Gasteiger charge is -2.16. The molecule has 21 heavy (non-hydrogen) atoms. The molecule has 1 aromatic carbocycles. The first-order valence-electron chi connectivity index (χ1n) is 6.38. The number of carboxylic acids is 1. The van der Waals surface area contributed by atoms with Crippen LogP contribution in [0.15, 0.2) is 18.2 Å². The Morgan fingerprint density at radius 1 is 1.43 bits per heavy atom. The fourth-order valence-corrected chi connectivity index (χ4v) is 2.74. The number of hydrogen-bond donors (Lipinski definition) is 1. The van der Waals surface area contributed by atoms with E-state index in [2.05, 4.69) is 14.5 Å². The highest BCUT2D eigenvalue weighted by Gasteiger charge is 2.13. The molecule has 0 saturated carbocycles. The van der Waals surface area contributed by atoms with E-state index in [1.54, 1.807) is 12.1 Å². The third kappa shape index (κ3) is 3.77. The fraction of sp³-hybridized carbons (Fsp3) is 0.357. The van der Waals surface area contributed by atoms with Crippen LogP contribution in [0.25, 0.3) is 0 Å². The fourth-order valence-electron chi connectivity index (χ4n) is 2.03. The van der Waals surface area contributed by atoms with Crippen LogP contribution in [0.1, 0.15) is 26.5 Å². The molecule has 0 unspecified atom stereocenters. The first-order valence-corrected chi connectivity index (χ1v) is 7.15. The van der Waals surface area contributed by atoms with Crippen LogP contribution in [-0.4, -0.2) is 39.7 Å². The number of aryl methyl sites for hydroxylation is 1. The van der Waals surface area contributed by atoms with Gasteiger partial charge in [0, 0.05) is 13.1 Å². The molecule has 0 saturated heterocycles. The van der Waals surface area contributed by atoms with Gasteiger partial charge in [-0.3, -0.25) is 4.90 Å². The molecule has 112 valence electrons. The molecule has 1 N–H and O–H groups in total. The number of benzene rings is 1. The molecule has 0 amide bonds. The van der Waals surface area contributed by atoms with Gasteiger partial charge in [0.1, 0.15) is 11.3 Å². The van der Waals surface area contributed by atoms with Crippen LogP contribution in [-0.2, 0) is 13.1 Å². The zero-order chi connectivity index (χ0) is 15.4. The molecule has 7 heteroatoms. The van der Waals surface area contributed by atoms with E-state index in [0.29, 0.717) is 12.3 Å². The summed E-state index contributed by atoms with van der Waals surface area (Å²) < 4.78 is 8.97. The normalized spacial score (nSPS) is 10.9. The number of methoxy groups -OCH3 is 1. The predicted molar refractivity (Wildman–Crippen MR) is 79.8 cm³/mol. The van der Waals surface area contributed by atoms with Gasteiger partial charge in [-0.15, -0.1) is 5.10 Å². The van der Waals surface area contributed by atoms with Crippen molar-refractivity contribution in [2.45, 2.75) is 20.0 Å². The second kappa shape index (κ2) is 6.64. The highest BCUT2D eigenvalue weighted by Crippen LogP contribution is 2.21. The monoisotopic (exact) mass is 307 g/mol. The van der Waals surface area contributed by atoms with Crippen LogP contribution in [0.3, 0.4) is 0 Å². The van der Waals surface area contributed by atoms with Crippen LogP contribution in [0.5, 0.6) is 5.75 Å². The Bertz CT molecular complexity index is 642. The van der Waals surface area contributed by atoms with E-state index in [0.717, 1.165) is 22.7 Å². The van der Waals surface area contributed by atoms with Crippen molar-refractivity contribution in [2.75, 3.05) is 14.2 Å². The molecule has 0 radical (unpaired) electrons. The van der Waals surface area contributed by atoms with Crippen molar-refractivity contribution in [3.63, 3.8) is 0 Å². The van der Waals surface area contributed by atoms with E-state index in [9.17, 15) is 9.90 Å². The van der Waals surface area contributed by atoms with Gasteiger partial charge in [-0.25, -0.2) is 4.79 Å². The molecule has 2 aromatic rings. The summed E-state index contributed by atoms with van der Waals surface area (Å²) >= 11 is 1.39. The van der Waals surface area contributed by atoms with Gasteiger partial charge in [0.25, 0.3) is 0 Å². The smallest absolute Gasteiger partial charge is 0.339 e. The molecule has 2 rings (SSSR count). The van der Waals surface area contributed by atoms with Crippen molar-refractivity contribution < 1.29 is 14.6 Å². The number of carboxylic acid groups (broad SMARTS) is 1. The van der Waals surface area contributed by atoms with Crippen molar-refractivity contribution in [3.8, 4) is 5.75 Å². The minimum absolute atomic E-state index is 0.180. The van der Waals surface area contributed by atoms with Crippen molar-refractivity contribution >= 4 is 17.5 Å². The van der Waals surface area contributed by atoms with Gasteiger partial charge >= 0.3 is 5.97 Å². The summed E-state index contributed by atoms with van der Waals surface area (Å²) in [6.45, 7) is 3.31. The number of hydrogen-bond acceptors (Lipinski definition) is 6. The van der Waals surface area contributed by atoms with Gasteiger partial charge in [-0.1, -0.05) is 10.6 Å². The van der Waals surface area contributed by atoms with Crippen molar-refractivity contribution in [3.05, 3.63) is 39.9 Å². The van der Waals surface area contributed by atoms with E-state index in [4.69, 9.17) is 4.74 Å². The topological polar surface area (TPSA) is 75.5 Å². The summed E-state index contributed by atoms with van der Waals surface area (Å²) in [7, 11) is 3.44. The predicted octanol–water partition coefficient (Wildman–Crippen LogP) is 2.19. The molecule has 0 bridgehead atoms. The molecule has 0 atom stereocenters. The van der Waals surface area contributed by atoms with E-state index >= 15 is 0 Å². The molecule has 0 aliphatic carbocycles. The molecular weight excluding hydrogens is 290 g/mol. The Hall–Kier alpha value is -1.99. The van der Waals surface area contributed by atoms with E-state index < -0.39 is 5.97 Å². The number of aromatic carboxylic acids is 1. The molecular formula is C14H17N3O3S. The third-order valence-corrected chi connectivity index (χ3v) is 3.91. The SMILES string of the molecule is COc1ccc(CN(C)Cc2snnc2C)cc1C(=O)O. The quantitative estimate of drug-likeness (QED) is 0.881. The average Bonchev–Trinajstić information content (AvgIpc) is 2.84. The molecule has 6 nitrogen and oxygen atoms in total. The Morgan fingerprint density at radius 2 is 2.19 bits per heavy atom. The maximum atomic E-state index is 11.2. The minimum atomic E-state index is -0.987. The molecule has 0 aliphatic rings. The third-order valence-electron chi connectivity index (χ3n) is 3.11. The summed E-state index contributed by atoms with van der Waals surface area (Å²) in [6.07, 6.45) is 0. The van der Waals surface area contributed by atoms with Gasteiger partial charge in [0.05, 0.1) is 17.7 Å². The molecule has 0 aliphatic heterocycles. The Labute approximate surface area is 127 Å². The van der Waals surface area contributed by atoms with Crippen LogP contribution < -0.4 is 4.74 Å². The Kier molecular flexibility index (Phi) is 4.87. The van der Waals surface area contributed by atoms with E-state index in [1.165, 1.54) is 18.6 Å². The Morgan fingerprint density at radius 3 is 2.76 bits per heavy atom. The summed E-state index contributed by atoms with van der Waals surface area (Å²) in [4.78, 5) is 14.4. The molecule has 0 spiro atoms. The van der Waals surface area contributed by atoms with Gasteiger partial charge in [-0.05, 0) is 43.2 Å². The zero-order valence-electron chi connectivity index (χ0n) is 12.2. The molecule has 1 heterocycles. The number of carbonyl (C=O) groups is 1. The van der Waals surface area contributed by atoms with Crippen molar-refractivity contribution in [1.29, 1.82) is 0 Å². The summed E-state index contributed by atoms with van der Waals surface area (Å²) in [5.41, 5.74) is 2.04. The second-order valence-corrected chi connectivity index (χ2v) is 5.63. The lowest BCUT2D eigenvalue weighted by atomic mass is 10.1. The Balaban J connectivity index is 2.10. The van der Waals surface area contributed by atoms with Crippen LogP contribution in [0.2, 0.25) is 0 Å². The van der Waals surface area contributed by atoms with Crippen molar-refractivity contribution in [2.24, 2.45) is 0 Å². The maximum Gasteiger partial charge on any atom is 0.339 e. The summed E-state index contributed by atoms with van der Waals surface area (Å²) in [5, 5.41) is 13.2. The highest BCUT2D eigenvalue weighted by molar-refractivity contribution is 7.05. The lowest BCUT2D eigenvalue weighted by molar-refractivity contribution is 0.0693. The van der Waals surface area contributed by atoms with Gasteiger partial charge in [0.15, 0.2) is 0 Å². The zero-order valence-corrected chi connectivity index (χ0v) is 13.0. The number of aromatic nitrogens is 2. The van der Waals surface area contributed by atoms with Gasteiger partial charge in [0.2, 0.25) is 0 Å². The molecule has 1 aromatic heterocycles. The highest BCUT2D eigenvalue weighted by atomic mass is 32.1. The molecule has 0 fully saturated rings. The van der Waals surface area contributed by atoms with Crippen LogP contribution in [0, 0.1) is 6.92 Å². The maximum absolute atomic E-state index is 11.2. The largest absolute Gasteiger partial charge is 0.496 e. The van der Waals surface area contributed by atoms with Gasteiger partial charge < -0.3 is 9.84 Å². The first kappa shape index (κ1) is 15.4. The lowest BCUT2D eigenvalue weighted by Crippen LogP contribution is -2.17. The number of rotatable bonds is 6. The first-order chi connectivity index (χ1) is 10.0.